The summed E-state index contributed by atoms with van der Waals surface area (Å²) in [7, 11) is 1.70. The molecule has 0 unspecified atom stereocenters. The van der Waals surface area contributed by atoms with Crippen molar-refractivity contribution >= 4 is 17.3 Å². The number of anilines is 1. The number of rotatable bonds is 2. The molecule has 1 aliphatic carbocycles. The summed E-state index contributed by atoms with van der Waals surface area (Å²) in [5, 5.41) is 4.61. The Bertz CT molecular complexity index is 472. The fraction of sp³-hybridized carbons (Fsp3) is 0.625. The molecule has 2 aliphatic rings. The highest BCUT2D eigenvalue weighted by Crippen LogP contribution is 2.36. The number of methoxy groups -OCH3 is 1. The molecule has 20 heavy (non-hydrogen) atoms. The molecule has 110 valence electrons. The maximum atomic E-state index is 6.42. The Balaban J connectivity index is 1.87. The maximum absolute atomic E-state index is 6.42. The second kappa shape index (κ2) is 5.82. The number of hydrogen-bond donors (Lipinski definition) is 1. The summed E-state index contributed by atoms with van der Waals surface area (Å²) in [6.07, 6.45) is 6.41. The minimum absolute atomic E-state index is 0.295. The van der Waals surface area contributed by atoms with Crippen LogP contribution in [-0.4, -0.2) is 32.3 Å². The molecule has 0 bridgehead atoms. The summed E-state index contributed by atoms with van der Waals surface area (Å²) in [6.45, 7) is 3.22. The average molecular weight is 295 g/mol. The van der Waals surface area contributed by atoms with Gasteiger partial charge in [0.2, 0.25) is 0 Å². The first-order valence-corrected chi connectivity index (χ1v) is 7.94. The zero-order valence-electron chi connectivity index (χ0n) is 12.1. The summed E-state index contributed by atoms with van der Waals surface area (Å²) in [4.78, 5) is 2.44. The Labute approximate surface area is 126 Å². The van der Waals surface area contributed by atoms with Crippen molar-refractivity contribution in [2.75, 3.05) is 31.6 Å². The molecule has 1 heterocycles. The average Bonchev–Trinajstić information content (AvgIpc) is 2.81. The van der Waals surface area contributed by atoms with Gasteiger partial charge in [0, 0.05) is 24.7 Å². The van der Waals surface area contributed by atoms with Crippen molar-refractivity contribution < 1.29 is 4.74 Å². The van der Waals surface area contributed by atoms with E-state index in [9.17, 15) is 0 Å². The van der Waals surface area contributed by atoms with E-state index in [1.165, 1.54) is 25.7 Å². The minimum Gasteiger partial charge on any atom is -0.497 e. The van der Waals surface area contributed by atoms with Crippen LogP contribution in [0.2, 0.25) is 5.02 Å². The molecule has 0 aromatic heterocycles. The van der Waals surface area contributed by atoms with Gasteiger partial charge in [-0.1, -0.05) is 24.4 Å². The monoisotopic (exact) mass is 294 g/mol. The van der Waals surface area contributed by atoms with Gasteiger partial charge in [-0.25, -0.2) is 0 Å². The van der Waals surface area contributed by atoms with Crippen LogP contribution in [0.1, 0.15) is 32.1 Å². The van der Waals surface area contributed by atoms with Gasteiger partial charge in [0.1, 0.15) is 5.75 Å². The molecule has 4 heteroatoms. The third-order valence-corrected chi connectivity index (χ3v) is 4.97. The van der Waals surface area contributed by atoms with E-state index in [4.69, 9.17) is 16.3 Å². The summed E-state index contributed by atoms with van der Waals surface area (Å²) in [5.41, 5.74) is 1.41. The number of nitrogens with zero attached hydrogens (tertiary/aromatic N) is 1. The third-order valence-electron chi connectivity index (χ3n) is 4.65. The van der Waals surface area contributed by atoms with Crippen LogP contribution in [0, 0.1) is 0 Å². The lowest BCUT2D eigenvalue weighted by Gasteiger charge is -2.35. The third kappa shape index (κ3) is 2.75. The van der Waals surface area contributed by atoms with Crippen molar-refractivity contribution in [3.05, 3.63) is 23.2 Å². The van der Waals surface area contributed by atoms with Gasteiger partial charge in [-0.15, -0.1) is 0 Å². The Kier molecular flexibility index (Phi) is 4.08. The second-order valence-corrected chi connectivity index (χ2v) is 6.41. The number of ether oxygens (including phenoxy) is 1. The summed E-state index contributed by atoms with van der Waals surface area (Å²) < 4.78 is 5.35. The van der Waals surface area contributed by atoms with E-state index in [-0.39, 0.29) is 0 Å². The summed E-state index contributed by atoms with van der Waals surface area (Å²) in [5.74, 6) is 0.877. The molecule has 0 amide bonds. The lowest BCUT2D eigenvalue weighted by Crippen LogP contribution is -2.49. The highest BCUT2D eigenvalue weighted by atomic mass is 35.5. The second-order valence-electron chi connectivity index (χ2n) is 6.01. The van der Waals surface area contributed by atoms with Crippen LogP contribution in [0.15, 0.2) is 18.2 Å². The largest absolute Gasteiger partial charge is 0.497 e. The van der Waals surface area contributed by atoms with Crippen molar-refractivity contribution in [1.82, 2.24) is 5.32 Å². The molecular formula is C16H23ClN2O. The Morgan fingerprint density at radius 3 is 2.80 bits per heavy atom. The number of nitrogens with one attached hydrogen (secondary N) is 1. The van der Waals surface area contributed by atoms with Gasteiger partial charge in [0.15, 0.2) is 0 Å². The molecule has 1 aromatic carbocycles. The van der Waals surface area contributed by atoms with E-state index >= 15 is 0 Å². The molecule has 3 rings (SSSR count). The van der Waals surface area contributed by atoms with E-state index in [1.54, 1.807) is 7.11 Å². The number of benzene rings is 1. The van der Waals surface area contributed by atoms with Gasteiger partial charge in [0.25, 0.3) is 0 Å². The maximum Gasteiger partial charge on any atom is 0.121 e. The molecule has 0 radical (unpaired) electrons. The molecule has 1 spiro atoms. The van der Waals surface area contributed by atoms with Gasteiger partial charge < -0.3 is 15.0 Å². The van der Waals surface area contributed by atoms with Crippen LogP contribution in [0.5, 0.6) is 5.75 Å². The number of halogens is 1. The normalized spacial score (nSPS) is 22.0. The molecule has 0 atom stereocenters. The highest BCUT2D eigenvalue weighted by Gasteiger charge is 2.36. The lowest BCUT2D eigenvalue weighted by molar-refractivity contribution is 0.354. The molecule has 1 aliphatic heterocycles. The first-order valence-electron chi connectivity index (χ1n) is 7.56. The van der Waals surface area contributed by atoms with E-state index in [0.717, 1.165) is 42.5 Å². The van der Waals surface area contributed by atoms with Crippen molar-refractivity contribution in [3.8, 4) is 5.75 Å². The SMILES string of the molecule is COc1ccc(Cl)c(N2CCCNC3(CCCC3)C2)c1. The van der Waals surface area contributed by atoms with Crippen LogP contribution in [0.4, 0.5) is 5.69 Å². The predicted molar refractivity (Wildman–Crippen MR) is 84.0 cm³/mol. The van der Waals surface area contributed by atoms with Crippen LogP contribution in [0.3, 0.4) is 0 Å². The van der Waals surface area contributed by atoms with Crippen molar-refractivity contribution in [2.24, 2.45) is 0 Å². The van der Waals surface area contributed by atoms with Crippen LogP contribution < -0.4 is 15.0 Å². The Morgan fingerprint density at radius 1 is 1.25 bits per heavy atom. The quantitative estimate of drug-likeness (QED) is 0.904. The highest BCUT2D eigenvalue weighted by molar-refractivity contribution is 6.33. The zero-order valence-corrected chi connectivity index (χ0v) is 12.9. The first kappa shape index (κ1) is 14.0. The van der Waals surface area contributed by atoms with E-state index in [2.05, 4.69) is 16.3 Å². The van der Waals surface area contributed by atoms with Crippen molar-refractivity contribution in [1.29, 1.82) is 0 Å². The summed E-state index contributed by atoms with van der Waals surface area (Å²) >= 11 is 6.42. The smallest absolute Gasteiger partial charge is 0.121 e. The Morgan fingerprint density at radius 2 is 2.05 bits per heavy atom. The van der Waals surface area contributed by atoms with Gasteiger partial charge in [-0.2, -0.15) is 0 Å². The minimum atomic E-state index is 0.295. The molecule has 2 fully saturated rings. The van der Waals surface area contributed by atoms with Crippen LogP contribution in [0.25, 0.3) is 0 Å². The van der Waals surface area contributed by atoms with E-state index < -0.39 is 0 Å². The standard InChI is InChI=1S/C16H23ClN2O/c1-20-13-5-6-14(17)15(11-13)19-10-4-9-18-16(12-19)7-2-3-8-16/h5-6,11,18H,2-4,7-10,12H2,1H3. The fourth-order valence-electron chi connectivity index (χ4n) is 3.58. The first-order chi connectivity index (χ1) is 9.72. The number of hydrogen-bond acceptors (Lipinski definition) is 3. The van der Waals surface area contributed by atoms with Gasteiger partial charge >= 0.3 is 0 Å². The zero-order chi connectivity index (χ0) is 14.0. The molecule has 1 saturated heterocycles. The molecule has 3 nitrogen and oxygen atoms in total. The fourth-order valence-corrected chi connectivity index (χ4v) is 3.81. The van der Waals surface area contributed by atoms with E-state index in [1.807, 2.05) is 12.1 Å². The molecule has 1 N–H and O–H groups in total. The summed E-state index contributed by atoms with van der Waals surface area (Å²) in [6, 6.07) is 5.93. The molecule has 1 saturated carbocycles. The predicted octanol–water partition coefficient (Wildman–Crippen LogP) is 3.46. The Hall–Kier alpha value is -0.930. The molecular weight excluding hydrogens is 272 g/mol. The lowest BCUT2D eigenvalue weighted by atomic mass is 9.97. The van der Waals surface area contributed by atoms with Gasteiger partial charge in [0.05, 0.1) is 17.8 Å². The topological polar surface area (TPSA) is 24.5 Å². The van der Waals surface area contributed by atoms with Gasteiger partial charge in [-0.05, 0) is 37.9 Å². The van der Waals surface area contributed by atoms with Crippen LogP contribution in [-0.2, 0) is 0 Å². The molecule has 1 aromatic rings. The van der Waals surface area contributed by atoms with E-state index in [0.29, 0.717) is 5.54 Å². The van der Waals surface area contributed by atoms with Gasteiger partial charge in [-0.3, -0.25) is 0 Å². The van der Waals surface area contributed by atoms with Crippen molar-refractivity contribution in [3.63, 3.8) is 0 Å². The van der Waals surface area contributed by atoms with Crippen LogP contribution >= 0.6 is 11.6 Å². The van der Waals surface area contributed by atoms with Crippen molar-refractivity contribution in [2.45, 2.75) is 37.6 Å².